The third-order valence-corrected chi connectivity index (χ3v) is 2.16. The number of rotatable bonds is 2. The summed E-state index contributed by atoms with van der Waals surface area (Å²) in [5.74, 6) is 0.958. The molecular weight excluding hydrogens is 198 g/mol. The van der Waals surface area contributed by atoms with E-state index in [1.807, 2.05) is 13.0 Å². The first kappa shape index (κ1) is 11.1. The molecule has 2 nitrogen and oxygen atoms in total. The Morgan fingerprint density at radius 1 is 1.36 bits per heavy atom. The van der Waals surface area contributed by atoms with Crippen LogP contribution >= 0.6 is 12.4 Å². The molecule has 76 valence electrons. The van der Waals surface area contributed by atoms with E-state index in [-0.39, 0.29) is 12.4 Å². The van der Waals surface area contributed by atoms with E-state index in [4.69, 9.17) is 10.2 Å². The third kappa shape index (κ3) is 1.91. The molecule has 0 aliphatic carbocycles. The molecule has 2 aromatic rings. The molecule has 2 N–H and O–H groups in total. The van der Waals surface area contributed by atoms with Gasteiger partial charge in [0.2, 0.25) is 0 Å². The fourth-order valence-electron chi connectivity index (χ4n) is 1.60. The van der Waals surface area contributed by atoms with Crippen LogP contribution in [-0.4, -0.2) is 6.54 Å². The summed E-state index contributed by atoms with van der Waals surface area (Å²) in [5, 5.41) is 1.17. The molecule has 0 fully saturated rings. The van der Waals surface area contributed by atoms with Gasteiger partial charge in [0.25, 0.3) is 0 Å². The summed E-state index contributed by atoms with van der Waals surface area (Å²) < 4.78 is 5.60. The molecule has 0 radical (unpaired) electrons. The first-order valence-corrected chi connectivity index (χ1v) is 4.49. The molecule has 2 rings (SSSR count). The van der Waals surface area contributed by atoms with Crippen LogP contribution < -0.4 is 5.73 Å². The average Bonchev–Trinajstić information content (AvgIpc) is 2.47. The second-order valence-electron chi connectivity index (χ2n) is 3.23. The highest BCUT2D eigenvalue weighted by Crippen LogP contribution is 2.22. The molecule has 14 heavy (non-hydrogen) atoms. The number of hydrogen-bond acceptors (Lipinski definition) is 2. The number of furan rings is 1. The number of aryl methyl sites for hydroxylation is 1. The summed E-state index contributed by atoms with van der Waals surface area (Å²) in [4.78, 5) is 0. The van der Waals surface area contributed by atoms with Crippen molar-refractivity contribution in [3.63, 3.8) is 0 Å². The molecule has 0 spiro atoms. The molecule has 1 aromatic carbocycles. The van der Waals surface area contributed by atoms with E-state index in [1.54, 1.807) is 0 Å². The lowest BCUT2D eigenvalue weighted by atomic mass is 10.1. The van der Waals surface area contributed by atoms with Crippen molar-refractivity contribution in [3.8, 4) is 0 Å². The number of para-hydroxylation sites is 1. The summed E-state index contributed by atoms with van der Waals surface area (Å²) in [5.41, 5.74) is 7.71. The molecule has 0 unspecified atom stereocenters. The number of nitrogens with two attached hydrogens (primary N) is 1. The summed E-state index contributed by atoms with van der Waals surface area (Å²) in [6.07, 6.45) is 0.879. The van der Waals surface area contributed by atoms with Crippen LogP contribution in [0.1, 0.15) is 11.3 Å². The van der Waals surface area contributed by atoms with Crippen molar-refractivity contribution >= 4 is 23.4 Å². The molecular formula is C11H14ClNO. The number of benzene rings is 1. The monoisotopic (exact) mass is 211 g/mol. The standard InChI is InChI=1S/C11H13NO.ClH/c1-8-7-10-4-2-3-9(5-6-12)11(10)13-8;/h2-4,7H,5-6,12H2,1H3;1H. The molecule has 0 atom stereocenters. The van der Waals surface area contributed by atoms with Gasteiger partial charge in [-0.15, -0.1) is 12.4 Å². The average molecular weight is 212 g/mol. The number of hydrogen-bond donors (Lipinski definition) is 1. The highest BCUT2D eigenvalue weighted by molar-refractivity contribution is 5.85. The molecule has 0 saturated carbocycles. The molecule has 1 heterocycles. The molecule has 0 saturated heterocycles. The Kier molecular flexibility index (Phi) is 3.55. The van der Waals surface area contributed by atoms with Gasteiger partial charge in [-0.1, -0.05) is 18.2 Å². The zero-order valence-electron chi connectivity index (χ0n) is 8.12. The first-order valence-electron chi connectivity index (χ1n) is 4.49. The van der Waals surface area contributed by atoms with E-state index in [0.717, 1.165) is 17.8 Å². The zero-order valence-corrected chi connectivity index (χ0v) is 8.93. The quantitative estimate of drug-likeness (QED) is 0.830. The van der Waals surface area contributed by atoms with Crippen LogP contribution in [0.2, 0.25) is 0 Å². The second kappa shape index (κ2) is 4.49. The summed E-state index contributed by atoms with van der Waals surface area (Å²) in [6.45, 7) is 2.63. The smallest absolute Gasteiger partial charge is 0.137 e. The van der Waals surface area contributed by atoms with Crippen molar-refractivity contribution in [2.45, 2.75) is 13.3 Å². The van der Waals surface area contributed by atoms with Crippen molar-refractivity contribution in [3.05, 3.63) is 35.6 Å². The van der Waals surface area contributed by atoms with Gasteiger partial charge in [0.15, 0.2) is 0 Å². The van der Waals surface area contributed by atoms with E-state index in [0.29, 0.717) is 6.54 Å². The molecule has 3 heteroatoms. The molecule has 0 aliphatic heterocycles. The van der Waals surface area contributed by atoms with Crippen molar-refractivity contribution in [1.82, 2.24) is 0 Å². The predicted molar refractivity (Wildman–Crippen MR) is 61.0 cm³/mol. The lowest BCUT2D eigenvalue weighted by molar-refractivity contribution is 0.574. The van der Waals surface area contributed by atoms with E-state index in [2.05, 4.69) is 18.2 Å². The lowest BCUT2D eigenvalue weighted by Crippen LogP contribution is -2.02. The van der Waals surface area contributed by atoms with E-state index in [9.17, 15) is 0 Å². The van der Waals surface area contributed by atoms with Gasteiger partial charge in [-0.05, 0) is 31.5 Å². The fraction of sp³-hybridized carbons (Fsp3) is 0.273. The molecule has 0 bridgehead atoms. The van der Waals surface area contributed by atoms with Gasteiger partial charge < -0.3 is 10.2 Å². The normalized spacial score (nSPS) is 10.1. The lowest BCUT2D eigenvalue weighted by Gasteiger charge is -1.98. The third-order valence-electron chi connectivity index (χ3n) is 2.16. The Bertz CT molecular complexity index is 422. The van der Waals surface area contributed by atoms with E-state index in [1.165, 1.54) is 10.9 Å². The van der Waals surface area contributed by atoms with E-state index >= 15 is 0 Å². The number of fused-ring (bicyclic) bond motifs is 1. The van der Waals surface area contributed by atoms with Crippen LogP contribution in [0.25, 0.3) is 11.0 Å². The maximum absolute atomic E-state index is 5.60. The van der Waals surface area contributed by atoms with Crippen LogP contribution in [0.3, 0.4) is 0 Å². The van der Waals surface area contributed by atoms with Gasteiger partial charge in [-0.25, -0.2) is 0 Å². The minimum absolute atomic E-state index is 0. The van der Waals surface area contributed by atoms with Gasteiger partial charge in [0.1, 0.15) is 11.3 Å². The van der Waals surface area contributed by atoms with Gasteiger partial charge in [0.05, 0.1) is 0 Å². The Labute approximate surface area is 89.5 Å². The Morgan fingerprint density at radius 2 is 2.14 bits per heavy atom. The van der Waals surface area contributed by atoms with Crippen LogP contribution in [-0.2, 0) is 6.42 Å². The largest absolute Gasteiger partial charge is 0.461 e. The van der Waals surface area contributed by atoms with Gasteiger partial charge >= 0.3 is 0 Å². The van der Waals surface area contributed by atoms with Gasteiger partial charge in [-0.2, -0.15) is 0 Å². The topological polar surface area (TPSA) is 39.2 Å². The van der Waals surface area contributed by atoms with Crippen molar-refractivity contribution in [2.24, 2.45) is 5.73 Å². The maximum atomic E-state index is 5.60. The van der Waals surface area contributed by atoms with Crippen LogP contribution in [0, 0.1) is 6.92 Å². The summed E-state index contributed by atoms with van der Waals surface area (Å²) in [6, 6.07) is 8.22. The van der Waals surface area contributed by atoms with Crippen molar-refractivity contribution in [1.29, 1.82) is 0 Å². The Hall–Kier alpha value is -0.990. The predicted octanol–water partition coefficient (Wildman–Crippen LogP) is 2.66. The van der Waals surface area contributed by atoms with Gasteiger partial charge in [-0.3, -0.25) is 0 Å². The van der Waals surface area contributed by atoms with Crippen LogP contribution in [0.15, 0.2) is 28.7 Å². The van der Waals surface area contributed by atoms with E-state index < -0.39 is 0 Å². The zero-order chi connectivity index (χ0) is 9.26. The fourth-order valence-corrected chi connectivity index (χ4v) is 1.60. The highest BCUT2D eigenvalue weighted by Gasteiger charge is 2.04. The second-order valence-corrected chi connectivity index (χ2v) is 3.23. The maximum Gasteiger partial charge on any atom is 0.137 e. The van der Waals surface area contributed by atoms with Crippen LogP contribution in [0.4, 0.5) is 0 Å². The van der Waals surface area contributed by atoms with Gasteiger partial charge in [0, 0.05) is 5.39 Å². The van der Waals surface area contributed by atoms with Crippen molar-refractivity contribution in [2.75, 3.05) is 6.54 Å². The minimum Gasteiger partial charge on any atom is -0.461 e. The highest BCUT2D eigenvalue weighted by atomic mass is 35.5. The Morgan fingerprint density at radius 3 is 2.86 bits per heavy atom. The minimum atomic E-state index is 0. The van der Waals surface area contributed by atoms with Crippen molar-refractivity contribution < 1.29 is 4.42 Å². The number of halogens is 1. The molecule has 0 aliphatic rings. The SMILES string of the molecule is Cc1cc2cccc(CCN)c2o1.Cl. The summed E-state index contributed by atoms with van der Waals surface area (Å²) in [7, 11) is 0. The van der Waals surface area contributed by atoms with Crippen LogP contribution in [0.5, 0.6) is 0 Å². The Balaban J connectivity index is 0.000000980. The molecule has 1 aromatic heterocycles. The summed E-state index contributed by atoms with van der Waals surface area (Å²) >= 11 is 0. The molecule has 0 amide bonds. The first-order chi connectivity index (χ1) is 6.31.